The number of imide groups is 1. The Morgan fingerprint density at radius 1 is 1.02 bits per heavy atom. The Hall–Kier alpha value is -4.06. The second-order valence-corrected chi connectivity index (χ2v) is 12.4. The van der Waals surface area contributed by atoms with Gasteiger partial charge in [0.2, 0.25) is 17.7 Å². The molecule has 0 radical (unpaired) electrons. The number of amides is 5. The normalized spacial score (nSPS) is 23.6. The minimum atomic E-state index is -0.615. The zero-order chi connectivity index (χ0) is 29.7. The Kier molecular flexibility index (Phi) is 7.34. The molecule has 5 amide bonds. The van der Waals surface area contributed by atoms with E-state index in [0.717, 1.165) is 11.3 Å². The summed E-state index contributed by atoms with van der Waals surface area (Å²) in [5.74, 6) is -0.710. The Bertz CT molecular complexity index is 1560. The largest absolute Gasteiger partial charge is 0.481 e. The number of nitrogens with zero attached hydrogens (tertiary/aromatic N) is 5. The molecule has 4 atom stereocenters. The Morgan fingerprint density at radius 3 is 2.50 bits per heavy atom. The highest BCUT2D eigenvalue weighted by molar-refractivity contribution is 7.19. The molecular weight excluding hydrogens is 556 g/mol. The number of fused-ring (bicyclic) bond motifs is 2. The molecule has 0 bridgehead atoms. The van der Waals surface area contributed by atoms with Crippen LogP contribution in [0.25, 0.3) is 10.3 Å². The van der Waals surface area contributed by atoms with E-state index in [4.69, 9.17) is 4.74 Å². The summed E-state index contributed by atoms with van der Waals surface area (Å²) in [6.45, 7) is 6.88. The first-order chi connectivity index (χ1) is 20.2. The zero-order valence-electron chi connectivity index (χ0n) is 24.1. The van der Waals surface area contributed by atoms with E-state index in [1.54, 1.807) is 28.9 Å². The van der Waals surface area contributed by atoms with E-state index >= 15 is 0 Å². The van der Waals surface area contributed by atoms with E-state index in [9.17, 15) is 19.2 Å². The number of hydrogen-bond acceptors (Lipinski definition) is 8. The molecule has 3 saturated heterocycles. The number of rotatable bonds is 5. The number of nitrogens with one attached hydrogen (secondary N) is 1. The predicted molar refractivity (Wildman–Crippen MR) is 157 cm³/mol. The smallest absolute Gasteiger partial charge is 0.322 e. The van der Waals surface area contributed by atoms with Crippen LogP contribution in [-0.2, 0) is 9.59 Å². The maximum Gasteiger partial charge on any atom is 0.322 e. The molecular formula is C30H34N6O5S. The van der Waals surface area contributed by atoms with Crippen molar-refractivity contribution in [2.45, 2.75) is 64.1 Å². The third kappa shape index (κ3) is 4.77. The highest BCUT2D eigenvalue weighted by Crippen LogP contribution is 2.39. The van der Waals surface area contributed by atoms with E-state index in [1.165, 1.54) is 17.6 Å². The second-order valence-electron chi connectivity index (χ2n) is 11.4. The summed E-state index contributed by atoms with van der Waals surface area (Å²) in [5, 5.41) is 3.11. The molecule has 3 aliphatic rings. The minimum Gasteiger partial charge on any atom is -0.481 e. The van der Waals surface area contributed by atoms with Crippen LogP contribution in [0.4, 0.5) is 10.5 Å². The summed E-state index contributed by atoms with van der Waals surface area (Å²) >= 11 is 1.12. The van der Waals surface area contributed by atoms with Crippen molar-refractivity contribution in [1.29, 1.82) is 0 Å². The van der Waals surface area contributed by atoms with Gasteiger partial charge >= 0.3 is 6.03 Å². The van der Waals surface area contributed by atoms with Crippen LogP contribution in [0, 0.1) is 5.92 Å². The number of hydrogen-bond donors (Lipinski definition) is 1. The van der Waals surface area contributed by atoms with Gasteiger partial charge in [0, 0.05) is 24.8 Å². The molecule has 1 N–H and O–H groups in total. The molecule has 11 nitrogen and oxygen atoms in total. The number of aromatic nitrogens is 2. The molecule has 12 heteroatoms. The third-order valence-corrected chi connectivity index (χ3v) is 9.60. The molecule has 0 unspecified atom stereocenters. The first kappa shape index (κ1) is 28.1. The van der Waals surface area contributed by atoms with Crippen molar-refractivity contribution in [3.8, 4) is 5.88 Å². The predicted octanol–water partition coefficient (Wildman–Crippen LogP) is 4.11. The number of benzene rings is 1. The van der Waals surface area contributed by atoms with Crippen LogP contribution < -0.4 is 10.1 Å². The fraction of sp³-hybridized carbons (Fsp3) is 0.467. The highest BCUT2D eigenvalue weighted by atomic mass is 32.1. The zero-order valence-corrected chi connectivity index (χ0v) is 24.9. The monoisotopic (exact) mass is 590 g/mol. The molecule has 3 aromatic rings. The lowest BCUT2D eigenvalue weighted by Crippen LogP contribution is -2.52. The number of methoxy groups -OCH3 is 1. The topological polar surface area (TPSA) is 125 Å². The van der Waals surface area contributed by atoms with Crippen molar-refractivity contribution in [3.63, 3.8) is 0 Å². The van der Waals surface area contributed by atoms with Crippen molar-refractivity contribution in [2.24, 2.45) is 5.92 Å². The number of ether oxygens (including phenoxy) is 1. The number of thiazole rings is 1. The fourth-order valence-electron chi connectivity index (χ4n) is 6.43. The molecule has 6 rings (SSSR count). The molecule has 3 fully saturated rings. The maximum absolute atomic E-state index is 13.9. The summed E-state index contributed by atoms with van der Waals surface area (Å²) in [6.07, 6.45) is 1.75. The quantitative estimate of drug-likeness (QED) is 0.444. The van der Waals surface area contributed by atoms with Gasteiger partial charge in [0.05, 0.1) is 25.1 Å². The van der Waals surface area contributed by atoms with Gasteiger partial charge in [-0.1, -0.05) is 44.2 Å². The van der Waals surface area contributed by atoms with E-state index in [0.29, 0.717) is 60.2 Å². The van der Waals surface area contributed by atoms with E-state index < -0.39 is 30.0 Å². The SMILES string of the molecule is COc1ccc2nc(C(=O)N3C(=O)[C@@H](C)[C@@H]4[C@@H]3CCN4C(=O)[C@@H]3CCCN3C(=O)Nc3ccc(C(C)C)cc3)sc2n1. The number of anilines is 1. The lowest BCUT2D eigenvalue weighted by molar-refractivity contribution is -0.137. The van der Waals surface area contributed by atoms with Crippen molar-refractivity contribution in [1.82, 2.24) is 24.7 Å². The summed E-state index contributed by atoms with van der Waals surface area (Å²) < 4.78 is 5.17. The lowest BCUT2D eigenvalue weighted by Gasteiger charge is -2.32. The Morgan fingerprint density at radius 2 is 1.79 bits per heavy atom. The van der Waals surface area contributed by atoms with E-state index in [2.05, 4.69) is 29.1 Å². The maximum atomic E-state index is 13.9. The molecule has 5 heterocycles. The first-order valence-electron chi connectivity index (χ1n) is 14.3. The first-order valence-corrected chi connectivity index (χ1v) is 15.2. The van der Waals surface area contributed by atoms with Crippen molar-refractivity contribution < 1.29 is 23.9 Å². The highest BCUT2D eigenvalue weighted by Gasteiger charge is 2.56. The summed E-state index contributed by atoms with van der Waals surface area (Å²) in [4.78, 5) is 68.1. The molecule has 2 aromatic heterocycles. The molecule has 0 aliphatic carbocycles. The molecule has 0 saturated carbocycles. The number of carbonyl (C=O) groups excluding carboxylic acids is 4. The van der Waals surface area contributed by atoms with Crippen LogP contribution in [0.15, 0.2) is 36.4 Å². The standard InChI is InChI=1S/C30H34N6O5S/c1-16(2)18-7-9-19(10-8-18)31-30(40)34-14-5-6-22(34)28(38)35-15-13-21-24(35)17(3)27(37)36(21)29(39)26-32-20-11-12-23(41-4)33-25(20)42-26/h7-12,16-17,21-22,24H,5-6,13-15H2,1-4H3,(H,31,40)/t17-,21-,22-,24+/m0/s1. The average Bonchev–Trinajstić information content (AvgIpc) is 3.77. The van der Waals surface area contributed by atoms with Gasteiger partial charge in [-0.05, 0) is 48.9 Å². The van der Waals surface area contributed by atoms with Crippen LogP contribution >= 0.6 is 11.3 Å². The van der Waals surface area contributed by atoms with Crippen LogP contribution in [0.2, 0.25) is 0 Å². The molecule has 0 spiro atoms. The number of pyridine rings is 1. The Balaban J connectivity index is 1.17. The molecule has 3 aliphatic heterocycles. The van der Waals surface area contributed by atoms with Crippen molar-refractivity contribution >= 4 is 51.1 Å². The van der Waals surface area contributed by atoms with Gasteiger partial charge in [-0.3, -0.25) is 19.3 Å². The van der Waals surface area contributed by atoms with E-state index in [-0.39, 0.29) is 22.9 Å². The lowest BCUT2D eigenvalue weighted by atomic mass is 10.0. The number of likely N-dealkylation sites (tertiary alicyclic amines) is 3. The van der Waals surface area contributed by atoms with Gasteiger partial charge in [-0.15, -0.1) is 0 Å². The van der Waals surface area contributed by atoms with Crippen molar-refractivity contribution in [2.75, 3.05) is 25.5 Å². The molecule has 42 heavy (non-hydrogen) atoms. The van der Waals surface area contributed by atoms with Crippen LogP contribution in [0.3, 0.4) is 0 Å². The van der Waals surface area contributed by atoms with E-state index in [1.807, 2.05) is 24.3 Å². The van der Waals surface area contributed by atoms with Gasteiger partial charge in [-0.25, -0.2) is 14.8 Å². The van der Waals surface area contributed by atoms with Gasteiger partial charge in [-0.2, -0.15) is 0 Å². The summed E-state index contributed by atoms with van der Waals surface area (Å²) in [6, 6.07) is 9.31. The fourth-order valence-corrected chi connectivity index (χ4v) is 7.30. The van der Waals surface area contributed by atoms with Gasteiger partial charge in [0.25, 0.3) is 5.91 Å². The van der Waals surface area contributed by atoms with Crippen LogP contribution in [-0.4, -0.2) is 86.7 Å². The van der Waals surface area contributed by atoms with Crippen LogP contribution in [0.5, 0.6) is 5.88 Å². The minimum absolute atomic E-state index is 0.171. The third-order valence-electron chi connectivity index (χ3n) is 8.64. The van der Waals surface area contributed by atoms with Gasteiger partial charge < -0.3 is 19.9 Å². The van der Waals surface area contributed by atoms with Gasteiger partial charge in [0.1, 0.15) is 16.4 Å². The summed E-state index contributed by atoms with van der Waals surface area (Å²) in [7, 11) is 1.52. The number of urea groups is 1. The van der Waals surface area contributed by atoms with Gasteiger partial charge in [0.15, 0.2) is 5.01 Å². The second kappa shape index (κ2) is 11.0. The molecule has 1 aromatic carbocycles. The average molecular weight is 591 g/mol. The summed E-state index contributed by atoms with van der Waals surface area (Å²) in [5.41, 5.74) is 2.41. The Labute approximate surface area is 247 Å². The number of carbonyl (C=O) groups is 4. The van der Waals surface area contributed by atoms with Crippen molar-refractivity contribution in [3.05, 3.63) is 47.0 Å². The van der Waals surface area contributed by atoms with Crippen LogP contribution in [0.1, 0.15) is 61.3 Å². The molecule has 220 valence electrons.